The molecule has 1 saturated heterocycles. The minimum atomic E-state index is -1.56. The molecule has 0 aromatic heterocycles. The fourth-order valence-electron chi connectivity index (χ4n) is 3.48. The van der Waals surface area contributed by atoms with Crippen LogP contribution in [0, 0.1) is 11.7 Å². The van der Waals surface area contributed by atoms with Gasteiger partial charge in [0.1, 0.15) is 18.2 Å². The summed E-state index contributed by atoms with van der Waals surface area (Å²) in [5.74, 6) is -2.17. The molecule has 1 fully saturated rings. The molecule has 0 aliphatic carbocycles. The predicted octanol–water partition coefficient (Wildman–Crippen LogP) is 4.56. The third-order valence-corrected chi connectivity index (χ3v) is 5.33. The van der Waals surface area contributed by atoms with Gasteiger partial charge < -0.3 is 19.3 Å². The van der Waals surface area contributed by atoms with Crippen molar-refractivity contribution in [2.45, 2.75) is 25.7 Å². The van der Waals surface area contributed by atoms with Gasteiger partial charge in [-0.05, 0) is 41.0 Å². The Morgan fingerprint density at radius 2 is 1.80 bits per heavy atom. The summed E-state index contributed by atoms with van der Waals surface area (Å²) >= 11 is 0. The van der Waals surface area contributed by atoms with Crippen LogP contribution in [0.1, 0.15) is 18.1 Å². The second kappa shape index (κ2) is 8.42. The lowest BCUT2D eigenvalue weighted by molar-refractivity contribution is -0.270. The first-order valence-corrected chi connectivity index (χ1v) is 9.83. The zero-order valence-electron chi connectivity index (χ0n) is 16.6. The van der Waals surface area contributed by atoms with Gasteiger partial charge in [-0.3, -0.25) is 0 Å². The van der Waals surface area contributed by atoms with E-state index in [0.717, 1.165) is 22.8 Å². The number of hydrogen-bond acceptors (Lipinski definition) is 4. The van der Waals surface area contributed by atoms with Crippen molar-refractivity contribution in [1.29, 1.82) is 0 Å². The average molecular weight is 410 g/mol. The van der Waals surface area contributed by atoms with Gasteiger partial charge in [0, 0.05) is 18.4 Å². The van der Waals surface area contributed by atoms with Crippen molar-refractivity contribution in [3.63, 3.8) is 0 Å². The Bertz CT molecular complexity index is 1060. The average Bonchev–Trinajstić information content (AvgIpc) is 2.75. The van der Waals surface area contributed by atoms with Crippen LogP contribution in [0.25, 0.3) is 10.8 Å². The van der Waals surface area contributed by atoms with Gasteiger partial charge in [-0.15, -0.1) is 0 Å². The summed E-state index contributed by atoms with van der Waals surface area (Å²) in [5, 5.41) is 11.2. The third-order valence-electron chi connectivity index (χ3n) is 5.33. The topological polar surface area (TPSA) is 65.0 Å². The highest BCUT2D eigenvalue weighted by atomic mass is 19.1. The number of carboxylic acid groups (broad SMARTS) is 1. The number of rotatable bonds is 6. The summed E-state index contributed by atoms with van der Waals surface area (Å²) in [5.41, 5.74) is 1.64. The van der Waals surface area contributed by atoms with E-state index >= 15 is 0 Å². The Balaban J connectivity index is 1.40. The van der Waals surface area contributed by atoms with Gasteiger partial charge in [0.2, 0.25) is 0 Å². The fourth-order valence-corrected chi connectivity index (χ4v) is 3.48. The molecule has 4 rings (SSSR count). The quantitative estimate of drug-likeness (QED) is 0.645. The summed E-state index contributed by atoms with van der Waals surface area (Å²) in [6, 6.07) is 18.5. The van der Waals surface area contributed by atoms with Crippen LogP contribution in [0.3, 0.4) is 0 Å². The van der Waals surface area contributed by atoms with Crippen molar-refractivity contribution < 1.29 is 28.5 Å². The molecule has 3 aromatic carbocycles. The van der Waals surface area contributed by atoms with Crippen LogP contribution in [-0.2, 0) is 27.3 Å². The van der Waals surface area contributed by atoms with E-state index in [1.807, 2.05) is 30.3 Å². The molecule has 1 heterocycles. The summed E-state index contributed by atoms with van der Waals surface area (Å²) < 4.78 is 30.3. The van der Waals surface area contributed by atoms with E-state index in [4.69, 9.17) is 19.3 Å². The first-order chi connectivity index (χ1) is 14.4. The molecular weight excluding hydrogens is 387 g/mol. The Hall–Kier alpha value is -2.96. The van der Waals surface area contributed by atoms with Gasteiger partial charge in [-0.25, -0.2) is 9.18 Å². The second-order valence-corrected chi connectivity index (χ2v) is 7.67. The lowest BCUT2D eigenvalue weighted by Gasteiger charge is -2.34. The largest absolute Gasteiger partial charge is 0.489 e. The molecule has 0 radical (unpaired) electrons. The van der Waals surface area contributed by atoms with E-state index in [2.05, 4.69) is 6.07 Å². The highest BCUT2D eigenvalue weighted by Crippen LogP contribution is 2.27. The molecule has 1 aliphatic rings. The van der Waals surface area contributed by atoms with Crippen molar-refractivity contribution in [1.82, 2.24) is 0 Å². The Morgan fingerprint density at radius 1 is 1.10 bits per heavy atom. The number of hydrogen-bond donors (Lipinski definition) is 1. The lowest BCUT2D eigenvalue weighted by Crippen LogP contribution is -2.48. The van der Waals surface area contributed by atoms with Crippen LogP contribution in [0.4, 0.5) is 4.39 Å². The van der Waals surface area contributed by atoms with Gasteiger partial charge in [0.25, 0.3) is 5.79 Å². The molecule has 0 saturated carbocycles. The van der Waals surface area contributed by atoms with E-state index in [1.54, 1.807) is 18.2 Å². The molecule has 1 aliphatic heterocycles. The maximum absolute atomic E-state index is 13.7. The third kappa shape index (κ3) is 4.45. The summed E-state index contributed by atoms with van der Waals surface area (Å²) in [7, 11) is 0. The van der Waals surface area contributed by atoms with Gasteiger partial charge in [-0.2, -0.15) is 0 Å². The molecule has 0 bridgehead atoms. The van der Waals surface area contributed by atoms with Crippen molar-refractivity contribution in [3.05, 3.63) is 77.6 Å². The molecule has 30 heavy (non-hydrogen) atoms. The minimum absolute atomic E-state index is 0.0956. The Labute approximate surface area is 174 Å². The first kappa shape index (κ1) is 20.3. The van der Waals surface area contributed by atoms with E-state index in [-0.39, 0.29) is 18.3 Å². The van der Waals surface area contributed by atoms with Crippen molar-refractivity contribution >= 4 is 16.7 Å². The minimum Gasteiger partial charge on any atom is -0.489 e. The maximum atomic E-state index is 13.7. The van der Waals surface area contributed by atoms with Gasteiger partial charge >= 0.3 is 5.97 Å². The molecule has 6 heteroatoms. The summed E-state index contributed by atoms with van der Waals surface area (Å²) in [6.07, 6.45) is 0.733. The number of benzene rings is 3. The number of aliphatic carboxylic acids is 1. The molecule has 0 spiro atoms. The van der Waals surface area contributed by atoms with Crippen LogP contribution >= 0.6 is 0 Å². The van der Waals surface area contributed by atoms with Crippen molar-refractivity contribution in [2.75, 3.05) is 13.2 Å². The monoisotopic (exact) mass is 410 g/mol. The van der Waals surface area contributed by atoms with E-state index in [1.165, 1.54) is 13.0 Å². The fraction of sp³-hybridized carbons (Fsp3) is 0.292. The SMILES string of the molecule is C[C@]1(C(=O)O)OC[C@@H](Cc2ccc3cc(OCc4ccccc4F)ccc3c2)CO1. The second-order valence-electron chi connectivity index (χ2n) is 7.67. The van der Waals surface area contributed by atoms with Crippen LogP contribution < -0.4 is 4.74 Å². The van der Waals surface area contributed by atoms with Gasteiger partial charge in [-0.1, -0.05) is 42.5 Å². The van der Waals surface area contributed by atoms with Crippen LogP contribution in [0.5, 0.6) is 5.75 Å². The predicted molar refractivity (Wildman–Crippen MR) is 110 cm³/mol. The zero-order chi connectivity index (χ0) is 21.1. The highest BCUT2D eigenvalue weighted by Gasteiger charge is 2.40. The van der Waals surface area contributed by atoms with E-state index in [9.17, 15) is 9.18 Å². The zero-order valence-corrected chi connectivity index (χ0v) is 16.6. The number of halogens is 1. The summed E-state index contributed by atoms with van der Waals surface area (Å²) in [4.78, 5) is 11.2. The van der Waals surface area contributed by atoms with Crippen molar-refractivity contribution in [3.8, 4) is 5.75 Å². The first-order valence-electron chi connectivity index (χ1n) is 9.83. The van der Waals surface area contributed by atoms with E-state index in [0.29, 0.717) is 24.5 Å². The smallest absolute Gasteiger partial charge is 0.364 e. The summed E-state index contributed by atoms with van der Waals surface area (Å²) in [6.45, 7) is 2.27. The van der Waals surface area contributed by atoms with Gasteiger partial charge in [0.05, 0.1) is 13.2 Å². The van der Waals surface area contributed by atoms with Crippen LogP contribution in [0.2, 0.25) is 0 Å². The molecule has 0 amide bonds. The molecule has 0 atom stereocenters. The van der Waals surface area contributed by atoms with Crippen LogP contribution in [-0.4, -0.2) is 30.1 Å². The van der Waals surface area contributed by atoms with Crippen molar-refractivity contribution in [2.24, 2.45) is 5.92 Å². The molecule has 3 aromatic rings. The standard InChI is InChI=1S/C24H23FO5/c1-24(23(26)27)29-13-17(14-30-24)10-16-6-7-19-12-21(9-8-18(19)11-16)28-15-20-4-2-3-5-22(20)25/h2-9,11-12,17H,10,13-15H2,1H3,(H,26,27)/t17-,24+. The molecule has 0 unspecified atom stereocenters. The van der Waals surface area contributed by atoms with E-state index < -0.39 is 11.8 Å². The molecule has 5 nitrogen and oxygen atoms in total. The molecule has 1 N–H and O–H groups in total. The number of carboxylic acids is 1. The van der Waals surface area contributed by atoms with Crippen LogP contribution in [0.15, 0.2) is 60.7 Å². The Kier molecular flexibility index (Phi) is 5.70. The Morgan fingerprint density at radius 3 is 2.53 bits per heavy atom. The van der Waals surface area contributed by atoms with Gasteiger partial charge in [0.15, 0.2) is 0 Å². The lowest BCUT2D eigenvalue weighted by atomic mass is 9.97. The molecule has 156 valence electrons. The normalized spacial score (nSPS) is 21.5. The number of fused-ring (bicyclic) bond motifs is 1. The number of ether oxygens (including phenoxy) is 3. The highest BCUT2D eigenvalue weighted by molar-refractivity contribution is 5.84. The number of carbonyl (C=O) groups is 1. The molecular formula is C24H23FO5. The maximum Gasteiger partial charge on any atom is 0.364 e.